The quantitative estimate of drug-likeness (QED) is 0.613. The van der Waals surface area contributed by atoms with Gasteiger partial charge in [0.05, 0.1) is 18.8 Å². The topological polar surface area (TPSA) is 59.6 Å². The summed E-state index contributed by atoms with van der Waals surface area (Å²) in [6.45, 7) is 0. The molecule has 2 aromatic carbocycles. The minimum absolute atomic E-state index is 0.406. The zero-order chi connectivity index (χ0) is 18.8. The molecule has 4 fully saturated rings. The molecule has 0 spiro atoms. The van der Waals surface area contributed by atoms with Gasteiger partial charge in [-0.05, 0) is 91.2 Å². The Labute approximate surface area is 166 Å². The van der Waals surface area contributed by atoms with Crippen molar-refractivity contribution >= 4 is 22.4 Å². The van der Waals surface area contributed by atoms with Crippen molar-refractivity contribution in [3.8, 4) is 5.75 Å². The molecule has 0 atom stereocenters. The fourth-order valence-corrected chi connectivity index (χ4v) is 7.02. The van der Waals surface area contributed by atoms with Crippen LogP contribution in [-0.2, 0) is 12.8 Å². The Kier molecular flexibility index (Phi) is 3.66. The minimum Gasteiger partial charge on any atom is -0.495 e. The third-order valence-corrected chi connectivity index (χ3v) is 7.89. The maximum Gasteiger partial charge on any atom is 0.193 e. The van der Waals surface area contributed by atoms with E-state index in [1.165, 1.54) is 54.0 Å². The molecule has 0 unspecified atom stereocenters. The Hall–Kier alpha value is -2.23. The number of nitrogens with one attached hydrogen (secondary N) is 1. The Bertz CT molecular complexity index is 951. The van der Waals surface area contributed by atoms with E-state index < -0.39 is 0 Å². The van der Waals surface area contributed by atoms with Gasteiger partial charge in [0, 0.05) is 5.39 Å². The van der Waals surface area contributed by atoms with Gasteiger partial charge in [0.1, 0.15) is 5.75 Å². The monoisotopic (exact) mass is 375 g/mol. The number of nitrogens with zero attached hydrogens (tertiary/aromatic N) is 1. The Morgan fingerprint density at radius 1 is 1.04 bits per heavy atom. The SMILES string of the molecule is COc1cc2c3c(cccc3c1NC(N)=NC1C3CC4CC(C3)CC1C4)CC2. The van der Waals surface area contributed by atoms with Gasteiger partial charge in [-0.1, -0.05) is 18.2 Å². The number of aliphatic imine (C=N–C) groups is 1. The number of ether oxygens (including phenoxy) is 1. The second-order valence-corrected chi connectivity index (χ2v) is 9.51. The molecule has 4 saturated carbocycles. The molecule has 28 heavy (non-hydrogen) atoms. The molecule has 5 aliphatic rings. The summed E-state index contributed by atoms with van der Waals surface area (Å²) in [5, 5.41) is 6.02. The second kappa shape index (κ2) is 6.13. The molecule has 0 aromatic heterocycles. The number of hydrogen-bond donors (Lipinski definition) is 2. The standard InChI is InChI=1S/C24H29N3O/c1-28-20-12-16-6-5-15-3-2-4-19(21(15)16)23(20)27-24(25)26-22-17-8-13-7-14(10-17)11-18(22)9-13/h2-4,12-14,17-18,22H,5-11H2,1H3,(H3,25,26,27). The molecule has 4 nitrogen and oxygen atoms in total. The highest BCUT2D eigenvalue weighted by atomic mass is 16.5. The van der Waals surface area contributed by atoms with Crippen molar-refractivity contribution in [2.45, 2.75) is 51.0 Å². The van der Waals surface area contributed by atoms with E-state index in [9.17, 15) is 0 Å². The van der Waals surface area contributed by atoms with Crippen molar-refractivity contribution in [1.29, 1.82) is 0 Å². The van der Waals surface area contributed by atoms with Crippen LogP contribution in [0, 0.1) is 23.7 Å². The molecule has 7 rings (SSSR count). The van der Waals surface area contributed by atoms with Crippen LogP contribution >= 0.6 is 0 Å². The molecule has 4 bridgehead atoms. The normalized spacial score (nSPS) is 32.9. The van der Waals surface area contributed by atoms with Crippen LogP contribution in [-0.4, -0.2) is 19.1 Å². The summed E-state index contributed by atoms with van der Waals surface area (Å²) in [6, 6.07) is 9.14. The highest BCUT2D eigenvalue weighted by Gasteiger charge is 2.48. The Morgan fingerprint density at radius 2 is 1.75 bits per heavy atom. The van der Waals surface area contributed by atoms with Gasteiger partial charge in [-0.25, -0.2) is 4.99 Å². The van der Waals surface area contributed by atoms with Gasteiger partial charge >= 0.3 is 0 Å². The van der Waals surface area contributed by atoms with E-state index in [4.69, 9.17) is 15.5 Å². The number of anilines is 1. The lowest BCUT2D eigenvalue weighted by Gasteiger charge is -2.53. The van der Waals surface area contributed by atoms with Crippen LogP contribution in [0.15, 0.2) is 29.3 Å². The number of aryl methyl sites for hydroxylation is 2. The number of benzene rings is 2. The summed E-state index contributed by atoms with van der Waals surface area (Å²) in [7, 11) is 1.74. The first kappa shape index (κ1) is 16.7. The van der Waals surface area contributed by atoms with Crippen LogP contribution in [0.25, 0.3) is 10.8 Å². The number of nitrogens with two attached hydrogens (primary N) is 1. The lowest BCUT2D eigenvalue weighted by Crippen LogP contribution is -2.48. The van der Waals surface area contributed by atoms with Gasteiger partial charge in [-0.15, -0.1) is 0 Å². The predicted molar refractivity (Wildman–Crippen MR) is 114 cm³/mol. The van der Waals surface area contributed by atoms with Gasteiger partial charge < -0.3 is 15.8 Å². The first-order chi connectivity index (χ1) is 13.7. The summed E-state index contributed by atoms with van der Waals surface area (Å²) in [5.41, 5.74) is 10.2. The summed E-state index contributed by atoms with van der Waals surface area (Å²) in [6.07, 6.45) is 9.10. The first-order valence-corrected chi connectivity index (χ1v) is 10.9. The van der Waals surface area contributed by atoms with Gasteiger partial charge in [0.15, 0.2) is 5.96 Å². The van der Waals surface area contributed by atoms with E-state index in [0.717, 1.165) is 48.0 Å². The van der Waals surface area contributed by atoms with Gasteiger partial charge in [-0.3, -0.25) is 0 Å². The largest absolute Gasteiger partial charge is 0.495 e. The highest BCUT2D eigenvalue weighted by Crippen LogP contribution is 2.54. The van der Waals surface area contributed by atoms with Crippen LogP contribution in [0.2, 0.25) is 0 Å². The molecule has 5 aliphatic carbocycles. The van der Waals surface area contributed by atoms with Crippen molar-refractivity contribution in [3.05, 3.63) is 35.4 Å². The maximum absolute atomic E-state index is 6.48. The van der Waals surface area contributed by atoms with Crippen LogP contribution in [0.5, 0.6) is 5.75 Å². The van der Waals surface area contributed by atoms with Crippen LogP contribution < -0.4 is 15.8 Å². The van der Waals surface area contributed by atoms with Crippen LogP contribution in [0.4, 0.5) is 5.69 Å². The molecule has 146 valence electrons. The van der Waals surface area contributed by atoms with E-state index in [0.29, 0.717) is 12.0 Å². The number of guanidine groups is 1. The third-order valence-electron chi connectivity index (χ3n) is 7.89. The molecule has 4 heteroatoms. The maximum atomic E-state index is 6.48. The molecule has 0 radical (unpaired) electrons. The van der Waals surface area contributed by atoms with Gasteiger partial charge in [-0.2, -0.15) is 0 Å². The fraction of sp³-hybridized carbons (Fsp3) is 0.542. The Balaban J connectivity index is 1.35. The number of rotatable bonds is 3. The van der Waals surface area contributed by atoms with E-state index >= 15 is 0 Å². The Morgan fingerprint density at radius 3 is 2.46 bits per heavy atom. The predicted octanol–water partition coefficient (Wildman–Crippen LogP) is 4.50. The average Bonchev–Trinajstić information content (AvgIpc) is 3.10. The van der Waals surface area contributed by atoms with Crippen molar-refractivity contribution in [1.82, 2.24) is 0 Å². The lowest BCUT2D eigenvalue weighted by molar-refractivity contribution is 0.00124. The minimum atomic E-state index is 0.406. The van der Waals surface area contributed by atoms with E-state index in [1.807, 2.05) is 0 Å². The summed E-state index contributed by atoms with van der Waals surface area (Å²) < 4.78 is 5.73. The number of methoxy groups -OCH3 is 1. The smallest absolute Gasteiger partial charge is 0.193 e. The van der Waals surface area contributed by atoms with E-state index in [2.05, 4.69) is 29.6 Å². The van der Waals surface area contributed by atoms with Crippen LogP contribution in [0.1, 0.15) is 43.2 Å². The fourth-order valence-electron chi connectivity index (χ4n) is 7.02. The molecule has 0 amide bonds. The van der Waals surface area contributed by atoms with Gasteiger partial charge in [0.25, 0.3) is 0 Å². The van der Waals surface area contributed by atoms with Crippen molar-refractivity contribution in [3.63, 3.8) is 0 Å². The average molecular weight is 376 g/mol. The summed E-state index contributed by atoms with van der Waals surface area (Å²) in [5.74, 6) is 4.82. The van der Waals surface area contributed by atoms with Gasteiger partial charge in [0.2, 0.25) is 0 Å². The number of hydrogen-bond acceptors (Lipinski definition) is 2. The summed E-state index contributed by atoms with van der Waals surface area (Å²) >= 11 is 0. The van der Waals surface area contributed by atoms with Crippen molar-refractivity contribution in [2.75, 3.05) is 12.4 Å². The van der Waals surface area contributed by atoms with Crippen molar-refractivity contribution < 1.29 is 4.74 Å². The highest BCUT2D eigenvalue weighted by molar-refractivity contribution is 6.08. The third kappa shape index (κ3) is 2.46. The van der Waals surface area contributed by atoms with Crippen LogP contribution in [0.3, 0.4) is 0 Å². The lowest BCUT2D eigenvalue weighted by atomic mass is 9.54. The first-order valence-electron chi connectivity index (χ1n) is 10.9. The van der Waals surface area contributed by atoms with E-state index in [-0.39, 0.29) is 0 Å². The molecule has 0 heterocycles. The second-order valence-electron chi connectivity index (χ2n) is 9.51. The molecular formula is C24H29N3O. The zero-order valence-corrected chi connectivity index (χ0v) is 16.6. The van der Waals surface area contributed by atoms with E-state index in [1.54, 1.807) is 7.11 Å². The van der Waals surface area contributed by atoms with Crippen molar-refractivity contribution in [2.24, 2.45) is 34.4 Å². The molecule has 0 aliphatic heterocycles. The molecule has 3 N–H and O–H groups in total. The molecule has 2 aromatic rings. The molecule has 0 saturated heterocycles. The summed E-state index contributed by atoms with van der Waals surface area (Å²) in [4.78, 5) is 5.04. The molecular weight excluding hydrogens is 346 g/mol. The zero-order valence-electron chi connectivity index (χ0n) is 16.6.